The minimum Gasteiger partial charge on any atom is -0.394 e. The van der Waals surface area contributed by atoms with E-state index in [1.54, 1.807) is 16.8 Å². The quantitative estimate of drug-likeness (QED) is 0.173. The van der Waals surface area contributed by atoms with Crippen LogP contribution >= 0.6 is 0 Å². The molecule has 0 aromatic carbocycles. The lowest BCUT2D eigenvalue weighted by Gasteiger charge is -2.27. The van der Waals surface area contributed by atoms with Crippen LogP contribution in [-0.4, -0.2) is 106 Å². The van der Waals surface area contributed by atoms with Crippen molar-refractivity contribution in [1.82, 2.24) is 24.1 Å². The number of rotatable bonds is 5. The molecule has 3 aromatic rings. The number of hydrogen-bond acceptors (Lipinski definition) is 14. The summed E-state index contributed by atoms with van der Waals surface area (Å²) in [7, 11) is 1.39. The zero-order valence-electron chi connectivity index (χ0n) is 20.6. The smallest absolute Gasteiger partial charge is 0.351 e. The Hall–Kier alpha value is -3.22. The molecule has 9 N–H and O–H groups in total. The molecule has 5 heterocycles. The first-order valence-corrected chi connectivity index (χ1v) is 11.6. The first-order chi connectivity index (χ1) is 18.0. The molecule has 3 aromatic heterocycles. The summed E-state index contributed by atoms with van der Waals surface area (Å²) < 4.78 is 18.8. The highest BCUT2D eigenvalue weighted by atomic mass is 16.6. The van der Waals surface area contributed by atoms with Gasteiger partial charge < -0.3 is 55.8 Å². The molecule has 0 spiro atoms. The molecule has 16 nitrogen and oxygen atoms in total. The normalized spacial score (nSPS) is 32.9. The second-order valence-electron chi connectivity index (χ2n) is 9.08. The molecule has 0 amide bonds. The summed E-state index contributed by atoms with van der Waals surface area (Å²) in [5.41, 5.74) is 9.48. The average molecular weight is 538 g/mol. The molecule has 0 unspecified atom stereocenters. The zero-order valence-corrected chi connectivity index (χ0v) is 20.6. The molecule has 8 atom stereocenters. The number of nitrogens with two attached hydrogens (primary N) is 2. The van der Waals surface area contributed by atoms with E-state index in [0.717, 1.165) is 0 Å². The highest BCUT2D eigenvalue weighted by molar-refractivity contribution is 5.86. The SMILES string of the molecule is CO[C@@H]1[C@H](O)[C@@H](CO)O[C@H]1n1ccc(N)nc1=O.C[C@@]1(O)[C@H](O)[C@@H](CO)O[C@H]1n1ccc2c(N)ncnc21. The van der Waals surface area contributed by atoms with Gasteiger partial charge in [0.1, 0.15) is 59.7 Å². The van der Waals surface area contributed by atoms with Gasteiger partial charge in [0.2, 0.25) is 0 Å². The monoisotopic (exact) mass is 537 g/mol. The number of anilines is 2. The maximum Gasteiger partial charge on any atom is 0.351 e. The summed E-state index contributed by atoms with van der Waals surface area (Å²) in [5, 5.41) is 49.2. The zero-order chi connectivity index (χ0) is 27.8. The molecule has 2 saturated heterocycles. The fourth-order valence-electron chi connectivity index (χ4n) is 4.54. The first kappa shape index (κ1) is 27.8. The van der Waals surface area contributed by atoms with Crippen LogP contribution in [0.3, 0.4) is 0 Å². The topological polar surface area (TPSA) is 246 Å². The first-order valence-electron chi connectivity index (χ1n) is 11.6. The molecule has 0 bridgehead atoms. The standard InChI is InChI=1S/C12H16N4O4.C10H15N3O5/c1-12(19)8(18)7(4-17)20-11(12)16-3-2-6-9(13)14-5-15-10(6)16;1-17-8-7(15)5(4-14)18-9(8)13-3-2-6(11)12-10(13)16/h2-3,5,7-8,11,17-19H,4H2,1H3,(H2,13,14,15);2-3,5,7-9,14-15H,4H2,1H3,(H2,11,12,16)/t7-,8-,11-,12-;5-,7-,8-,9-/m11/s1. The van der Waals surface area contributed by atoms with Crippen molar-refractivity contribution in [2.24, 2.45) is 0 Å². The largest absolute Gasteiger partial charge is 0.394 e. The molecule has 2 aliphatic heterocycles. The van der Waals surface area contributed by atoms with Gasteiger partial charge >= 0.3 is 5.69 Å². The van der Waals surface area contributed by atoms with Crippen molar-refractivity contribution >= 4 is 22.7 Å². The predicted octanol–water partition coefficient (Wildman–Crippen LogP) is -2.89. The van der Waals surface area contributed by atoms with Gasteiger partial charge in [0.25, 0.3) is 0 Å². The Morgan fingerprint density at radius 1 is 1.08 bits per heavy atom. The van der Waals surface area contributed by atoms with Crippen molar-refractivity contribution in [3.8, 4) is 0 Å². The maximum atomic E-state index is 11.7. The van der Waals surface area contributed by atoms with Crippen molar-refractivity contribution < 1.29 is 39.7 Å². The third kappa shape index (κ3) is 4.83. The number of ether oxygens (including phenoxy) is 3. The minimum absolute atomic E-state index is 0.0995. The maximum absolute atomic E-state index is 11.7. The molecular formula is C22H31N7O9. The van der Waals surface area contributed by atoms with E-state index >= 15 is 0 Å². The Bertz CT molecular complexity index is 1320. The molecule has 0 saturated carbocycles. The van der Waals surface area contributed by atoms with Gasteiger partial charge in [0.05, 0.1) is 18.6 Å². The number of hydrogen-bond donors (Lipinski definition) is 7. The molecule has 38 heavy (non-hydrogen) atoms. The number of fused-ring (bicyclic) bond motifs is 1. The predicted molar refractivity (Wildman–Crippen MR) is 130 cm³/mol. The van der Waals surface area contributed by atoms with Gasteiger partial charge in [-0.2, -0.15) is 4.98 Å². The van der Waals surface area contributed by atoms with E-state index in [9.17, 15) is 25.2 Å². The van der Waals surface area contributed by atoms with E-state index < -0.39 is 54.3 Å². The lowest BCUT2D eigenvalue weighted by molar-refractivity contribution is -0.0948. The van der Waals surface area contributed by atoms with E-state index in [2.05, 4.69) is 15.0 Å². The minimum atomic E-state index is -1.56. The van der Waals surface area contributed by atoms with Crippen LogP contribution in [0.4, 0.5) is 11.6 Å². The second kappa shape index (κ2) is 10.9. The van der Waals surface area contributed by atoms with Crippen LogP contribution < -0.4 is 17.2 Å². The van der Waals surface area contributed by atoms with Gasteiger partial charge in [-0.1, -0.05) is 0 Å². The van der Waals surface area contributed by atoms with E-state index in [0.29, 0.717) is 16.9 Å². The Morgan fingerprint density at radius 2 is 1.76 bits per heavy atom. The third-order valence-corrected chi connectivity index (χ3v) is 6.62. The molecule has 2 aliphatic rings. The van der Waals surface area contributed by atoms with Gasteiger partial charge in [0.15, 0.2) is 12.5 Å². The number of aliphatic hydroxyl groups is 5. The fraction of sp³-hybridized carbons (Fsp3) is 0.545. The Morgan fingerprint density at radius 3 is 2.37 bits per heavy atom. The van der Waals surface area contributed by atoms with Gasteiger partial charge in [0, 0.05) is 19.5 Å². The number of methoxy groups -OCH3 is 1. The summed E-state index contributed by atoms with van der Waals surface area (Å²) in [6.07, 6.45) is -1.97. The van der Waals surface area contributed by atoms with Crippen LogP contribution in [0.2, 0.25) is 0 Å². The highest BCUT2D eigenvalue weighted by Crippen LogP contribution is 2.39. The number of nitrogens with zero attached hydrogens (tertiary/aromatic N) is 5. The lowest BCUT2D eigenvalue weighted by atomic mass is 9.96. The van der Waals surface area contributed by atoms with Crippen LogP contribution in [0, 0.1) is 0 Å². The third-order valence-electron chi connectivity index (χ3n) is 6.62. The van der Waals surface area contributed by atoms with Crippen LogP contribution in [0.25, 0.3) is 11.0 Å². The fourth-order valence-corrected chi connectivity index (χ4v) is 4.54. The van der Waals surface area contributed by atoms with Crippen molar-refractivity contribution in [2.75, 3.05) is 31.8 Å². The van der Waals surface area contributed by atoms with E-state index in [1.165, 1.54) is 37.2 Å². The number of nitrogen functional groups attached to an aromatic ring is 2. The summed E-state index contributed by atoms with van der Waals surface area (Å²) in [4.78, 5) is 23.3. The van der Waals surface area contributed by atoms with Crippen molar-refractivity contribution in [2.45, 2.75) is 55.5 Å². The second-order valence-corrected chi connectivity index (χ2v) is 9.08. The van der Waals surface area contributed by atoms with Crippen molar-refractivity contribution in [3.63, 3.8) is 0 Å². The Labute approximate surface area is 215 Å². The number of aromatic nitrogens is 5. The molecule has 208 valence electrons. The van der Waals surface area contributed by atoms with Crippen LogP contribution in [0.1, 0.15) is 19.4 Å². The summed E-state index contributed by atoms with van der Waals surface area (Å²) >= 11 is 0. The molecule has 16 heteroatoms. The summed E-state index contributed by atoms with van der Waals surface area (Å²) in [6.45, 7) is 0.702. The van der Waals surface area contributed by atoms with E-state index in [4.69, 9.17) is 30.8 Å². The van der Waals surface area contributed by atoms with Gasteiger partial charge in [-0.15, -0.1) is 0 Å². The summed E-state index contributed by atoms with van der Waals surface area (Å²) in [5.74, 6) is 0.424. The van der Waals surface area contributed by atoms with Gasteiger partial charge in [-0.3, -0.25) is 4.57 Å². The average Bonchev–Trinajstić information content (AvgIpc) is 3.52. The Balaban J connectivity index is 0.000000178. The van der Waals surface area contributed by atoms with Crippen molar-refractivity contribution in [1.29, 1.82) is 0 Å². The van der Waals surface area contributed by atoms with Crippen LogP contribution in [-0.2, 0) is 14.2 Å². The van der Waals surface area contributed by atoms with E-state index in [1.807, 2.05) is 0 Å². The van der Waals surface area contributed by atoms with Crippen LogP contribution in [0.15, 0.2) is 35.6 Å². The lowest BCUT2D eigenvalue weighted by Crippen LogP contribution is -2.44. The Kier molecular flexibility index (Phi) is 7.96. The van der Waals surface area contributed by atoms with Crippen molar-refractivity contribution in [3.05, 3.63) is 41.3 Å². The van der Waals surface area contributed by atoms with Crippen LogP contribution in [0.5, 0.6) is 0 Å². The van der Waals surface area contributed by atoms with E-state index in [-0.39, 0.29) is 19.0 Å². The molecule has 0 aliphatic carbocycles. The molecule has 0 radical (unpaired) electrons. The molecular weight excluding hydrogens is 506 g/mol. The summed E-state index contributed by atoms with van der Waals surface area (Å²) in [6, 6.07) is 3.15. The molecule has 5 rings (SSSR count). The van der Waals surface area contributed by atoms with Gasteiger partial charge in [-0.05, 0) is 19.1 Å². The van der Waals surface area contributed by atoms with Gasteiger partial charge in [-0.25, -0.2) is 14.8 Å². The molecule has 2 fully saturated rings. The highest BCUT2D eigenvalue weighted by Gasteiger charge is 2.53. The number of aliphatic hydroxyl groups excluding tert-OH is 4.